The molecule has 0 saturated heterocycles. The molecule has 0 amide bonds. The summed E-state index contributed by atoms with van der Waals surface area (Å²) in [5, 5.41) is 10.9. The number of pyridine rings is 1. The van der Waals surface area contributed by atoms with Gasteiger partial charge < -0.3 is 9.84 Å². The van der Waals surface area contributed by atoms with Crippen molar-refractivity contribution in [2.24, 2.45) is 5.92 Å². The molecule has 0 aliphatic rings. The Kier molecular flexibility index (Phi) is 7.68. The maximum atomic E-state index is 10.9. The Morgan fingerprint density at radius 3 is 2.52 bits per heavy atom. The number of aromatic nitrogens is 1. The van der Waals surface area contributed by atoms with E-state index >= 15 is 0 Å². The minimum atomic E-state index is -0.593. The van der Waals surface area contributed by atoms with Crippen LogP contribution in [0.5, 0.6) is 5.75 Å². The van der Waals surface area contributed by atoms with E-state index in [0.717, 1.165) is 35.3 Å². The summed E-state index contributed by atoms with van der Waals surface area (Å²) in [4.78, 5) is 4.15. The van der Waals surface area contributed by atoms with E-state index in [1.807, 2.05) is 36.4 Å². The second-order valence-corrected chi connectivity index (χ2v) is 6.44. The van der Waals surface area contributed by atoms with Gasteiger partial charge in [-0.3, -0.25) is 4.98 Å². The summed E-state index contributed by atoms with van der Waals surface area (Å²) in [5.41, 5.74) is 2.86. The van der Waals surface area contributed by atoms with Crippen molar-refractivity contribution in [1.82, 2.24) is 4.98 Å². The van der Waals surface area contributed by atoms with Crippen molar-refractivity contribution in [1.29, 1.82) is 0 Å². The van der Waals surface area contributed by atoms with Crippen LogP contribution >= 0.6 is 0 Å². The molecular weight excluding hydrogens is 310 g/mol. The number of hydrogen-bond acceptors (Lipinski definition) is 3. The third-order valence-electron chi connectivity index (χ3n) is 4.68. The molecule has 2 rings (SSSR count). The van der Waals surface area contributed by atoms with Gasteiger partial charge in [0, 0.05) is 18.3 Å². The average Bonchev–Trinajstić information content (AvgIpc) is 2.68. The van der Waals surface area contributed by atoms with Gasteiger partial charge in [-0.15, -0.1) is 0 Å². The zero-order valence-electron chi connectivity index (χ0n) is 15.3. The van der Waals surface area contributed by atoms with E-state index in [-0.39, 0.29) is 5.92 Å². The maximum Gasteiger partial charge on any atom is 0.118 e. The largest absolute Gasteiger partial charge is 0.497 e. The number of nitrogens with zero attached hydrogens (tertiary/aromatic N) is 1. The van der Waals surface area contributed by atoms with Crippen molar-refractivity contribution in [3.05, 3.63) is 66.5 Å². The molecule has 2 atom stereocenters. The van der Waals surface area contributed by atoms with E-state index in [9.17, 15) is 5.11 Å². The quantitative estimate of drug-likeness (QED) is 0.587. The second kappa shape index (κ2) is 10.00. The number of hydrogen-bond donors (Lipinski definition) is 1. The molecule has 1 aromatic carbocycles. The van der Waals surface area contributed by atoms with Crippen LogP contribution in [0.4, 0.5) is 0 Å². The number of aliphatic hydroxyl groups is 1. The normalized spacial score (nSPS) is 13.2. The van der Waals surface area contributed by atoms with E-state index in [2.05, 4.69) is 18.5 Å². The fourth-order valence-corrected chi connectivity index (χ4v) is 3.12. The van der Waals surface area contributed by atoms with Gasteiger partial charge in [-0.25, -0.2) is 0 Å². The summed E-state index contributed by atoms with van der Waals surface area (Å²) in [7, 11) is 1.66. The van der Waals surface area contributed by atoms with Gasteiger partial charge in [-0.1, -0.05) is 57.4 Å². The van der Waals surface area contributed by atoms with Gasteiger partial charge in [0.1, 0.15) is 5.75 Å². The highest BCUT2D eigenvalue weighted by molar-refractivity contribution is 5.66. The highest BCUT2D eigenvalue weighted by atomic mass is 16.5. The van der Waals surface area contributed by atoms with Crippen LogP contribution in [-0.4, -0.2) is 17.2 Å². The zero-order valence-corrected chi connectivity index (χ0v) is 15.3. The summed E-state index contributed by atoms with van der Waals surface area (Å²) in [6.45, 7) is 6.51. The third-order valence-corrected chi connectivity index (χ3v) is 4.68. The molecule has 134 valence electrons. The molecule has 0 radical (unpaired) electrons. The first-order valence-corrected chi connectivity index (χ1v) is 9.08. The van der Waals surface area contributed by atoms with Crippen LogP contribution in [0.2, 0.25) is 0 Å². The van der Waals surface area contributed by atoms with Crippen LogP contribution < -0.4 is 4.74 Å². The lowest BCUT2D eigenvalue weighted by Crippen LogP contribution is -2.15. The third kappa shape index (κ3) is 5.43. The van der Waals surface area contributed by atoms with Crippen molar-refractivity contribution in [3.8, 4) is 5.75 Å². The molecule has 0 fully saturated rings. The summed E-state index contributed by atoms with van der Waals surface area (Å²) in [6, 6.07) is 11.7. The Labute approximate surface area is 151 Å². The molecule has 0 bridgehead atoms. The predicted octanol–water partition coefficient (Wildman–Crippen LogP) is 5.42. The van der Waals surface area contributed by atoms with Gasteiger partial charge in [-0.05, 0) is 41.3 Å². The van der Waals surface area contributed by atoms with E-state index in [4.69, 9.17) is 4.74 Å². The first-order valence-electron chi connectivity index (χ1n) is 9.08. The molecule has 25 heavy (non-hydrogen) atoms. The highest BCUT2D eigenvalue weighted by Crippen LogP contribution is 2.36. The van der Waals surface area contributed by atoms with Crippen molar-refractivity contribution < 1.29 is 9.84 Å². The number of ether oxygens (including phenoxy) is 1. The van der Waals surface area contributed by atoms with E-state index < -0.39 is 6.10 Å². The Morgan fingerprint density at radius 1 is 1.16 bits per heavy atom. The molecule has 2 aromatic rings. The lowest BCUT2D eigenvalue weighted by molar-refractivity contribution is 0.129. The van der Waals surface area contributed by atoms with Gasteiger partial charge in [0.25, 0.3) is 0 Å². The van der Waals surface area contributed by atoms with Crippen LogP contribution in [0.15, 0.2) is 55.4 Å². The standard InChI is InChI=1S/C22H29NO2/c1-4-5-6-7-10-21(22(24)19-9-8-15-23-16-19)17(2)18-11-13-20(25-3)14-12-18/h8-9,11-16,21-22,24H,2,4-7,10H2,1,3H3/t21-,22-/m0/s1. The minimum absolute atomic E-state index is 0.0190. The van der Waals surface area contributed by atoms with Crippen LogP contribution in [0, 0.1) is 5.92 Å². The zero-order chi connectivity index (χ0) is 18.1. The smallest absolute Gasteiger partial charge is 0.118 e. The topological polar surface area (TPSA) is 42.4 Å². The molecule has 0 aliphatic carbocycles. The molecule has 1 heterocycles. The highest BCUT2D eigenvalue weighted by Gasteiger charge is 2.24. The monoisotopic (exact) mass is 339 g/mol. The Hall–Kier alpha value is -2.13. The van der Waals surface area contributed by atoms with E-state index in [0.29, 0.717) is 0 Å². The van der Waals surface area contributed by atoms with Crippen LogP contribution in [0.1, 0.15) is 56.3 Å². The number of aliphatic hydroxyl groups excluding tert-OH is 1. The number of rotatable bonds is 10. The average molecular weight is 339 g/mol. The van der Waals surface area contributed by atoms with Crippen LogP contribution in [-0.2, 0) is 0 Å². The van der Waals surface area contributed by atoms with Crippen LogP contribution in [0.3, 0.4) is 0 Å². The summed E-state index contributed by atoms with van der Waals surface area (Å²) >= 11 is 0. The van der Waals surface area contributed by atoms with E-state index in [1.165, 1.54) is 19.3 Å². The first-order chi connectivity index (χ1) is 12.2. The Morgan fingerprint density at radius 2 is 1.92 bits per heavy atom. The predicted molar refractivity (Wildman–Crippen MR) is 103 cm³/mol. The van der Waals surface area contributed by atoms with Crippen molar-refractivity contribution >= 4 is 5.57 Å². The molecule has 0 unspecified atom stereocenters. The lowest BCUT2D eigenvalue weighted by atomic mass is 9.83. The molecule has 0 spiro atoms. The van der Waals surface area contributed by atoms with Gasteiger partial charge >= 0.3 is 0 Å². The number of unbranched alkanes of at least 4 members (excludes halogenated alkanes) is 3. The summed E-state index contributed by atoms with van der Waals surface area (Å²) < 4.78 is 5.23. The van der Waals surface area contributed by atoms with Gasteiger partial charge in [0.2, 0.25) is 0 Å². The second-order valence-electron chi connectivity index (χ2n) is 6.44. The fraction of sp³-hybridized carbons (Fsp3) is 0.409. The van der Waals surface area contributed by atoms with Crippen molar-refractivity contribution in [3.63, 3.8) is 0 Å². The molecular formula is C22H29NO2. The van der Waals surface area contributed by atoms with Gasteiger partial charge in [0.15, 0.2) is 0 Å². The minimum Gasteiger partial charge on any atom is -0.497 e. The fourth-order valence-electron chi connectivity index (χ4n) is 3.12. The van der Waals surface area contributed by atoms with E-state index in [1.54, 1.807) is 19.5 Å². The van der Waals surface area contributed by atoms with Crippen LogP contribution in [0.25, 0.3) is 5.57 Å². The molecule has 1 aromatic heterocycles. The Bertz CT molecular complexity index is 637. The maximum absolute atomic E-state index is 10.9. The van der Waals surface area contributed by atoms with Crippen molar-refractivity contribution in [2.75, 3.05) is 7.11 Å². The van der Waals surface area contributed by atoms with Gasteiger partial charge in [-0.2, -0.15) is 0 Å². The molecule has 3 heteroatoms. The SMILES string of the molecule is C=C(c1ccc(OC)cc1)[C@H](CCCCCC)[C@@H](O)c1cccnc1. The molecule has 3 nitrogen and oxygen atoms in total. The van der Waals surface area contributed by atoms with Crippen molar-refractivity contribution in [2.45, 2.75) is 45.1 Å². The lowest BCUT2D eigenvalue weighted by Gasteiger charge is -2.26. The number of methoxy groups -OCH3 is 1. The molecule has 0 saturated carbocycles. The first kappa shape index (κ1) is 19.2. The molecule has 0 aliphatic heterocycles. The molecule has 1 N–H and O–H groups in total. The number of benzene rings is 1. The summed E-state index contributed by atoms with van der Waals surface area (Å²) in [6.07, 6.45) is 8.49. The summed E-state index contributed by atoms with van der Waals surface area (Å²) in [5.74, 6) is 0.804. The van der Waals surface area contributed by atoms with Gasteiger partial charge in [0.05, 0.1) is 13.2 Å². The Balaban J connectivity index is 2.18.